The minimum Gasteiger partial charge on any atom is -0.486 e. The summed E-state index contributed by atoms with van der Waals surface area (Å²) in [5.41, 5.74) is 1.12. The maximum atomic E-state index is 12.8. The number of hydrogen-bond donors (Lipinski definition) is 0. The van der Waals surface area contributed by atoms with Crippen LogP contribution < -0.4 is 9.47 Å². The van der Waals surface area contributed by atoms with Crippen LogP contribution in [-0.2, 0) is 9.53 Å². The molecule has 1 aromatic rings. The second-order valence-electron chi connectivity index (χ2n) is 7.01. The van der Waals surface area contributed by atoms with Crippen molar-refractivity contribution in [3.05, 3.63) is 23.8 Å². The number of nitrogens with zero attached hydrogens (tertiary/aromatic N) is 1. The van der Waals surface area contributed by atoms with E-state index in [1.807, 2.05) is 24.0 Å². The first-order valence-electron chi connectivity index (χ1n) is 9.04. The molecule has 5 heteroatoms. The van der Waals surface area contributed by atoms with E-state index in [1.54, 1.807) is 0 Å². The van der Waals surface area contributed by atoms with Crippen LogP contribution in [0.3, 0.4) is 0 Å². The Morgan fingerprint density at radius 3 is 2.83 bits per heavy atom. The molecule has 0 bridgehead atoms. The van der Waals surface area contributed by atoms with Crippen molar-refractivity contribution in [1.29, 1.82) is 0 Å². The Morgan fingerprint density at radius 2 is 2.04 bits per heavy atom. The van der Waals surface area contributed by atoms with Crippen molar-refractivity contribution in [1.82, 2.24) is 4.90 Å². The lowest BCUT2D eigenvalue weighted by Crippen LogP contribution is -2.39. The lowest BCUT2D eigenvalue weighted by molar-refractivity contribution is -0.143. The Bertz CT molecular complexity index is 613. The number of carbonyl (C=O) groups excluding carboxylic acids is 1. The summed E-state index contributed by atoms with van der Waals surface area (Å²) in [6.45, 7) is 4.57. The lowest BCUT2D eigenvalue weighted by Gasteiger charge is -2.29. The predicted octanol–water partition coefficient (Wildman–Crippen LogP) is 2.94. The quantitative estimate of drug-likeness (QED) is 0.832. The van der Waals surface area contributed by atoms with Crippen molar-refractivity contribution < 1.29 is 19.0 Å². The summed E-state index contributed by atoms with van der Waals surface area (Å²) in [6.07, 6.45) is 4.14. The highest BCUT2D eigenvalue weighted by molar-refractivity contribution is 5.81. The summed E-state index contributed by atoms with van der Waals surface area (Å²) in [4.78, 5) is 14.8. The molecule has 0 spiro atoms. The number of ether oxygens (including phenoxy) is 3. The molecule has 3 aliphatic rings. The molecule has 0 N–H and O–H groups in total. The average molecular weight is 331 g/mol. The van der Waals surface area contributed by atoms with Gasteiger partial charge in [-0.25, -0.2) is 0 Å². The predicted molar refractivity (Wildman–Crippen MR) is 89.3 cm³/mol. The number of hydrogen-bond acceptors (Lipinski definition) is 4. The van der Waals surface area contributed by atoms with E-state index >= 15 is 0 Å². The molecule has 2 heterocycles. The number of fused-ring (bicyclic) bond motifs is 1. The SMILES string of the molecule is CC(OCC1CC1)C(=O)N1CCCC1c1ccc2c(c1)OCCO2. The van der Waals surface area contributed by atoms with Gasteiger partial charge in [-0.1, -0.05) is 6.07 Å². The van der Waals surface area contributed by atoms with Crippen molar-refractivity contribution in [3.8, 4) is 11.5 Å². The van der Waals surface area contributed by atoms with Gasteiger partial charge in [-0.15, -0.1) is 0 Å². The third-order valence-corrected chi connectivity index (χ3v) is 5.11. The normalized spacial score (nSPS) is 24.0. The van der Waals surface area contributed by atoms with Crippen LogP contribution in [0.2, 0.25) is 0 Å². The molecule has 1 saturated carbocycles. The summed E-state index contributed by atoms with van der Waals surface area (Å²) < 4.78 is 17.1. The molecule has 4 rings (SSSR count). The minimum absolute atomic E-state index is 0.105. The summed E-state index contributed by atoms with van der Waals surface area (Å²) in [7, 11) is 0. The molecular formula is C19H25NO4. The average Bonchev–Trinajstić information content (AvgIpc) is 3.32. The molecule has 2 fully saturated rings. The number of amides is 1. The summed E-state index contributed by atoms with van der Waals surface area (Å²) in [6, 6.07) is 6.15. The zero-order valence-electron chi connectivity index (χ0n) is 14.2. The molecule has 24 heavy (non-hydrogen) atoms. The highest BCUT2D eigenvalue weighted by Gasteiger charge is 2.34. The highest BCUT2D eigenvalue weighted by atomic mass is 16.6. The first-order valence-corrected chi connectivity index (χ1v) is 9.04. The van der Waals surface area contributed by atoms with E-state index in [9.17, 15) is 4.79 Å². The van der Waals surface area contributed by atoms with Crippen LogP contribution in [0.1, 0.15) is 44.2 Å². The number of carbonyl (C=O) groups is 1. The number of rotatable bonds is 5. The van der Waals surface area contributed by atoms with E-state index in [1.165, 1.54) is 12.8 Å². The minimum atomic E-state index is -0.358. The lowest BCUT2D eigenvalue weighted by atomic mass is 10.0. The van der Waals surface area contributed by atoms with Crippen LogP contribution in [0.5, 0.6) is 11.5 Å². The van der Waals surface area contributed by atoms with Gasteiger partial charge in [0.1, 0.15) is 19.3 Å². The molecule has 0 aromatic heterocycles. The molecule has 1 amide bonds. The van der Waals surface area contributed by atoms with Crippen LogP contribution in [-0.4, -0.2) is 43.3 Å². The maximum absolute atomic E-state index is 12.8. The Kier molecular flexibility index (Phi) is 4.35. The van der Waals surface area contributed by atoms with Crippen LogP contribution in [0.25, 0.3) is 0 Å². The van der Waals surface area contributed by atoms with Gasteiger partial charge in [-0.2, -0.15) is 0 Å². The molecule has 1 saturated heterocycles. The summed E-state index contributed by atoms with van der Waals surface area (Å²) >= 11 is 0. The smallest absolute Gasteiger partial charge is 0.251 e. The first kappa shape index (κ1) is 15.8. The molecule has 5 nitrogen and oxygen atoms in total. The summed E-state index contributed by atoms with van der Waals surface area (Å²) in [5.74, 6) is 2.36. The van der Waals surface area contributed by atoms with Crippen LogP contribution in [0.4, 0.5) is 0 Å². The topological polar surface area (TPSA) is 48.0 Å². The molecule has 1 aliphatic carbocycles. The van der Waals surface area contributed by atoms with Gasteiger partial charge in [0, 0.05) is 6.54 Å². The van der Waals surface area contributed by atoms with Crippen molar-refractivity contribution >= 4 is 5.91 Å². The molecule has 2 unspecified atom stereocenters. The van der Waals surface area contributed by atoms with Gasteiger partial charge >= 0.3 is 0 Å². The fourth-order valence-corrected chi connectivity index (χ4v) is 3.51. The number of benzene rings is 1. The maximum Gasteiger partial charge on any atom is 0.251 e. The molecule has 2 aliphatic heterocycles. The van der Waals surface area contributed by atoms with E-state index in [2.05, 4.69) is 6.07 Å². The van der Waals surface area contributed by atoms with Crippen molar-refractivity contribution in [3.63, 3.8) is 0 Å². The van der Waals surface area contributed by atoms with Crippen LogP contribution in [0.15, 0.2) is 18.2 Å². The third-order valence-electron chi connectivity index (χ3n) is 5.11. The second-order valence-corrected chi connectivity index (χ2v) is 7.01. The van der Waals surface area contributed by atoms with E-state index in [0.717, 1.165) is 43.1 Å². The Labute approximate surface area is 142 Å². The standard InChI is InChI=1S/C19H25NO4/c1-13(24-12-14-4-5-14)19(21)20-8-2-3-16(20)15-6-7-17-18(11-15)23-10-9-22-17/h6-7,11,13-14,16H,2-5,8-10,12H2,1H3. The number of likely N-dealkylation sites (tertiary alicyclic amines) is 1. The molecular weight excluding hydrogens is 306 g/mol. The Balaban J connectivity index is 1.46. The fourth-order valence-electron chi connectivity index (χ4n) is 3.51. The zero-order valence-corrected chi connectivity index (χ0v) is 14.2. The molecule has 1 aromatic carbocycles. The van der Waals surface area contributed by atoms with Crippen molar-refractivity contribution in [2.24, 2.45) is 5.92 Å². The largest absolute Gasteiger partial charge is 0.486 e. The van der Waals surface area contributed by atoms with Gasteiger partial charge in [-0.05, 0) is 56.2 Å². The fraction of sp³-hybridized carbons (Fsp3) is 0.632. The monoisotopic (exact) mass is 331 g/mol. The molecule has 130 valence electrons. The van der Waals surface area contributed by atoms with E-state index in [-0.39, 0.29) is 18.1 Å². The van der Waals surface area contributed by atoms with Crippen molar-refractivity contribution in [2.45, 2.75) is 44.8 Å². The van der Waals surface area contributed by atoms with Crippen molar-refractivity contribution in [2.75, 3.05) is 26.4 Å². The van der Waals surface area contributed by atoms with Gasteiger partial charge in [0.15, 0.2) is 11.5 Å². The van der Waals surface area contributed by atoms with Gasteiger partial charge in [-0.3, -0.25) is 4.79 Å². The van der Waals surface area contributed by atoms with Gasteiger partial charge in [0.05, 0.1) is 12.6 Å². The molecule has 2 atom stereocenters. The van der Waals surface area contributed by atoms with Crippen LogP contribution in [0, 0.1) is 5.92 Å². The Hall–Kier alpha value is -1.75. The van der Waals surface area contributed by atoms with Gasteiger partial charge < -0.3 is 19.1 Å². The molecule has 0 radical (unpaired) electrons. The van der Waals surface area contributed by atoms with E-state index < -0.39 is 0 Å². The highest BCUT2D eigenvalue weighted by Crippen LogP contribution is 2.38. The van der Waals surface area contributed by atoms with E-state index in [4.69, 9.17) is 14.2 Å². The first-order chi connectivity index (χ1) is 11.7. The third kappa shape index (κ3) is 3.22. The van der Waals surface area contributed by atoms with Gasteiger partial charge in [0.25, 0.3) is 5.91 Å². The Morgan fingerprint density at radius 1 is 1.25 bits per heavy atom. The summed E-state index contributed by atoms with van der Waals surface area (Å²) in [5, 5.41) is 0. The zero-order chi connectivity index (χ0) is 16.5. The van der Waals surface area contributed by atoms with Gasteiger partial charge in [0.2, 0.25) is 0 Å². The second kappa shape index (κ2) is 6.63. The van der Waals surface area contributed by atoms with E-state index in [0.29, 0.717) is 19.1 Å². The van der Waals surface area contributed by atoms with Crippen LogP contribution >= 0.6 is 0 Å².